The molecule has 102 valence electrons. The van der Waals surface area contributed by atoms with Crippen molar-refractivity contribution in [2.75, 3.05) is 13.2 Å². The number of unbranched alkanes of at least 4 members (excludes halogenated alkanes) is 1. The molecule has 6 nitrogen and oxygen atoms in total. The van der Waals surface area contributed by atoms with Gasteiger partial charge in [-0.1, -0.05) is 0 Å². The molecule has 0 aliphatic carbocycles. The minimum Gasteiger partial charge on any atom is -0.460 e. The van der Waals surface area contributed by atoms with Crippen LogP contribution in [0.5, 0.6) is 0 Å². The quantitative estimate of drug-likeness (QED) is 0.317. The minimum absolute atomic E-state index is 0.104. The Balaban J connectivity index is 4.23. The van der Waals surface area contributed by atoms with Crippen molar-refractivity contribution >= 4 is 17.8 Å². The summed E-state index contributed by atoms with van der Waals surface area (Å²) in [6.07, 6.45) is 2.63. The zero-order chi connectivity index (χ0) is 14.0. The lowest BCUT2D eigenvalue weighted by atomic mass is 10.2. The van der Waals surface area contributed by atoms with Gasteiger partial charge in [0.15, 0.2) is 0 Å². The minimum atomic E-state index is -0.660. The van der Waals surface area contributed by atoms with E-state index in [0.29, 0.717) is 19.4 Å². The van der Waals surface area contributed by atoms with Gasteiger partial charge in [0.1, 0.15) is 0 Å². The van der Waals surface area contributed by atoms with Gasteiger partial charge in [0.2, 0.25) is 11.7 Å². The third-order valence-electron chi connectivity index (χ3n) is 1.81. The number of carbonyl (C=O) groups is 3. The summed E-state index contributed by atoms with van der Waals surface area (Å²) in [5, 5.41) is 2.62. The van der Waals surface area contributed by atoms with Crippen molar-refractivity contribution in [2.45, 2.75) is 33.6 Å². The summed E-state index contributed by atoms with van der Waals surface area (Å²) >= 11 is 0. The van der Waals surface area contributed by atoms with Gasteiger partial charge in [-0.2, -0.15) is 0 Å². The fourth-order valence-corrected chi connectivity index (χ4v) is 1.12. The Bertz CT molecular complexity index is 335. The molecule has 0 fully saturated rings. The second kappa shape index (κ2) is 9.21. The van der Waals surface area contributed by atoms with Gasteiger partial charge in [0.05, 0.1) is 6.61 Å². The Kier molecular flexibility index (Phi) is 8.26. The summed E-state index contributed by atoms with van der Waals surface area (Å²) in [6.45, 7) is 5.02. The van der Waals surface area contributed by atoms with Gasteiger partial charge >= 0.3 is 11.9 Å². The molecule has 0 bridgehead atoms. The average Bonchev–Trinajstić information content (AvgIpc) is 2.26. The number of carbonyl (C=O) groups excluding carboxylic acids is 3. The predicted molar refractivity (Wildman–Crippen MR) is 64.4 cm³/mol. The van der Waals surface area contributed by atoms with Crippen LogP contribution in [0.15, 0.2) is 11.8 Å². The Hall–Kier alpha value is -1.85. The SMILES string of the molecule is CCOC(=O)C(=CCCCNC(C)=O)OC(C)=O. The molecule has 0 spiro atoms. The van der Waals surface area contributed by atoms with E-state index in [1.54, 1.807) is 6.92 Å². The van der Waals surface area contributed by atoms with E-state index in [4.69, 9.17) is 9.47 Å². The highest BCUT2D eigenvalue weighted by Crippen LogP contribution is 2.05. The van der Waals surface area contributed by atoms with Crippen molar-refractivity contribution in [2.24, 2.45) is 0 Å². The number of rotatable bonds is 7. The molecule has 0 atom stereocenters. The topological polar surface area (TPSA) is 81.7 Å². The van der Waals surface area contributed by atoms with E-state index < -0.39 is 11.9 Å². The number of hydrogen-bond donors (Lipinski definition) is 1. The molecule has 0 aromatic carbocycles. The molecular weight excluding hydrogens is 238 g/mol. The maximum atomic E-state index is 11.4. The third kappa shape index (κ3) is 8.32. The molecule has 0 radical (unpaired) electrons. The lowest BCUT2D eigenvalue weighted by Crippen LogP contribution is -2.20. The van der Waals surface area contributed by atoms with Crippen LogP contribution in [-0.2, 0) is 23.9 Å². The molecule has 18 heavy (non-hydrogen) atoms. The van der Waals surface area contributed by atoms with Gasteiger partial charge in [-0.25, -0.2) is 4.79 Å². The molecule has 6 heteroatoms. The van der Waals surface area contributed by atoms with Crippen LogP contribution in [0.1, 0.15) is 33.6 Å². The Morgan fingerprint density at radius 3 is 2.39 bits per heavy atom. The highest BCUT2D eigenvalue weighted by Gasteiger charge is 2.13. The van der Waals surface area contributed by atoms with Crippen LogP contribution in [0.3, 0.4) is 0 Å². The van der Waals surface area contributed by atoms with Crippen molar-refractivity contribution in [1.29, 1.82) is 0 Å². The van der Waals surface area contributed by atoms with Crippen LogP contribution >= 0.6 is 0 Å². The molecule has 0 saturated heterocycles. The molecular formula is C12H19NO5. The Labute approximate surface area is 106 Å². The van der Waals surface area contributed by atoms with Gasteiger partial charge in [0.25, 0.3) is 0 Å². The first kappa shape index (κ1) is 16.1. The van der Waals surface area contributed by atoms with Crippen molar-refractivity contribution in [3.05, 3.63) is 11.8 Å². The summed E-state index contributed by atoms with van der Waals surface area (Å²) in [6, 6.07) is 0. The number of nitrogens with one attached hydrogen (secondary N) is 1. The zero-order valence-electron chi connectivity index (χ0n) is 10.9. The van der Waals surface area contributed by atoms with Crippen molar-refractivity contribution < 1.29 is 23.9 Å². The third-order valence-corrected chi connectivity index (χ3v) is 1.81. The molecule has 0 saturated carbocycles. The Morgan fingerprint density at radius 2 is 1.89 bits per heavy atom. The molecule has 0 rings (SSSR count). The number of allylic oxidation sites excluding steroid dienone is 1. The molecule has 1 amide bonds. The molecule has 0 unspecified atom stereocenters. The van der Waals surface area contributed by atoms with E-state index in [1.165, 1.54) is 19.9 Å². The van der Waals surface area contributed by atoms with Crippen molar-refractivity contribution in [3.63, 3.8) is 0 Å². The first-order chi connectivity index (χ1) is 8.47. The van der Waals surface area contributed by atoms with Gasteiger partial charge in [-0.05, 0) is 25.8 Å². The van der Waals surface area contributed by atoms with Crippen LogP contribution in [0, 0.1) is 0 Å². The number of ether oxygens (including phenoxy) is 2. The fourth-order valence-electron chi connectivity index (χ4n) is 1.12. The van der Waals surface area contributed by atoms with E-state index >= 15 is 0 Å². The lowest BCUT2D eigenvalue weighted by molar-refractivity contribution is -0.150. The zero-order valence-corrected chi connectivity index (χ0v) is 10.9. The molecule has 1 N–H and O–H groups in total. The standard InChI is InChI=1S/C12H19NO5/c1-4-17-12(16)11(18-10(3)15)7-5-6-8-13-9(2)14/h7H,4-6,8H2,1-3H3,(H,13,14). The molecule has 0 aromatic rings. The van der Waals surface area contributed by atoms with Crippen LogP contribution in [-0.4, -0.2) is 31.0 Å². The maximum absolute atomic E-state index is 11.4. The van der Waals surface area contributed by atoms with Gasteiger partial charge in [-0.15, -0.1) is 0 Å². The van der Waals surface area contributed by atoms with E-state index in [2.05, 4.69) is 5.32 Å². The van der Waals surface area contributed by atoms with Gasteiger partial charge in [0, 0.05) is 20.4 Å². The molecule has 0 aliphatic rings. The first-order valence-corrected chi connectivity index (χ1v) is 5.77. The lowest BCUT2D eigenvalue weighted by Gasteiger charge is -2.06. The predicted octanol–water partition coefficient (Wildman–Crippen LogP) is 0.913. The van der Waals surface area contributed by atoms with Gasteiger partial charge < -0.3 is 14.8 Å². The molecule has 0 aromatic heterocycles. The van der Waals surface area contributed by atoms with Crippen LogP contribution < -0.4 is 5.32 Å². The normalized spacial score (nSPS) is 10.7. The summed E-state index contributed by atoms with van der Waals surface area (Å²) in [5.41, 5.74) is 0. The molecule has 0 aliphatic heterocycles. The van der Waals surface area contributed by atoms with Crippen LogP contribution in [0.4, 0.5) is 0 Å². The van der Waals surface area contributed by atoms with E-state index in [-0.39, 0.29) is 18.3 Å². The number of amides is 1. The maximum Gasteiger partial charge on any atom is 0.374 e. The fraction of sp³-hybridized carbons (Fsp3) is 0.583. The van der Waals surface area contributed by atoms with E-state index in [9.17, 15) is 14.4 Å². The Morgan fingerprint density at radius 1 is 1.22 bits per heavy atom. The van der Waals surface area contributed by atoms with E-state index in [0.717, 1.165) is 0 Å². The van der Waals surface area contributed by atoms with Crippen LogP contribution in [0.2, 0.25) is 0 Å². The summed E-state index contributed by atoms with van der Waals surface area (Å²) in [5.74, 6) is -1.44. The molecule has 0 heterocycles. The smallest absolute Gasteiger partial charge is 0.374 e. The second-order valence-corrected chi connectivity index (χ2v) is 3.51. The average molecular weight is 257 g/mol. The van der Waals surface area contributed by atoms with Crippen molar-refractivity contribution in [1.82, 2.24) is 5.32 Å². The number of hydrogen-bond acceptors (Lipinski definition) is 5. The summed E-state index contributed by atoms with van der Waals surface area (Å²) in [4.78, 5) is 32.8. The monoisotopic (exact) mass is 257 g/mol. The highest BCUT2D eigenvalue weighted by atomic mass is 16.6. The van der Waals surface area contributed by atoms with Crippen molar-refractivity contribution in [3.8, 4) is 0 Å². The second-order valence-electron chi connectivity index (χ2n) is 3.51. The van der Waals surface area contributed by atoms with E-state index in [1.807, 2.05) is 0 Å². The number of esters is 2. The van der Waals surface area contributed by atoms with Crippen LogP contribution in [0.25, 0.3) is 0 Å². The first-order valence-electron chi connectivity index (χ1n) is 5.77. The highest BCUT2D eigenvalue weighted by molar-refractivity contribution is 5.89. The largest absolute Gasteiger partial charge is 0.460 e. The summed E-state index contributed by atoms with van der Waals surface area (Å²) in [7, 11) is 0. The van der Waals surface area contributed by atoms with Gasteiger partial charge in [-0.3, -0.25) is 9.59 Å². The summed E-state index contributed by atoms with van der Waals surface area (Å²) < 4.78 is 9.50.